The molecule has 0 atom stereocenters. The Bertz CT molecular complexity index is 1070. The summed E-state index contributed by atoms with van der Waals surface area (Å²) in [5, 5.41) is 21.3. The molecule has 0 radical (unpaired) electrons. The van der Waals surface area contributed by atoms with Crippen molar-refractivity contribution in [1.82, 2.24) is 4.98 Å². The van der Waals surface area contributed by atoms with Crippen molar-refractivity contribution in [1.29, 1.82) is 5.26 Å². The average molecular weight is 379 g/mol. The average Bonchev–Trinajstić information content (AvgIpc) is 2.67. The number of anilines is 1. The topological polar surface area (TPSA) is 106 Å². The molecule has 1 heterocycles. The van der Waals surface area contributed by atoms with Gasteiger partial charge in [-0.25, -0.2) is 4.98 Å². The summed E-state index contributed by atoms with van der Waals surface area (Å²) < 4.78 is 0. The fourth-order valence-corrected chi connectivity index (χ4v) is 3.01. The molecule has 2 aromatic carbocycles. The predicted octanol–water partition coefficient (Wildman–Crippen LogP) is 4.99. The highest BCUT2D eigenvalue weighted by atomic mass is 35.5. The van der Waals surface area contributed by atoms with Gasteiger partial charge in [0.25, 0.3) is 5.69 Å². The zero-order chi connectivity index (χ0) is 19.6. The standard InChI is InChI=1S/C20H15ClN4O2/c1-2-12-3-5-13(6-4-12)18-10-15(17(11-22)20(23)24-18)16-9-14(21)7-8-19(16)25(26)27/h3-10H,2H2,1H3,(H2,23,24). The van der Waals surface area contributed by atoms with Gasteiger partial charge in [0.15, 0.2) is 0 Å². The molecule has 27 heavy (non-hydrogen) atoms. The molecule has 7 heteroatoms. The van der Waals surface area contributed by atoms with Crippen LogP contribution in [0.25, 0.3) is 22.4 Å². The number of halogens is 1. The number of nitro benzene ring substituents is 1. The number of nitrogens with zero attached hydrogens (tertiary/aromatic N) is 3. The van der Waals surface area contributed by atoms with E-state index in [9.17, 15) is 15.4 Å². The molecule has 2 N–H and O–H groups in total. The molecule has 6 nitrogen and oxygen atoms in total. The Morgan fingerprint density at radius 1 is 1.19 bits per heavy atom. The van der Waals surface area contributed by atoms with E-state index in [1.807, 2.05) is 30.3 Å². The van der Waals surface area contributed by atoms with Crippen LogP contribution in [0.15, 0.2) is 48.5 Å². The van der Waals surface area contributed by atoms with Crippen molar-refractivity contribution in [3.8, 4) is 28.5 Å². The van der Waals surface area contributed by atoms with Crippen molar-refractivity contribution in [2.45, 2.75) is 13.3 Å². The highest BCUT2D eigenvalue weighted by Crippen LogP contribution is 2.37. The molecule has 0 saturated carbocycles. The molecule has 0 aliphatic heterocycles. The third-order valence-corrected chi connectivity index (χ3v) is 4.50. The second-order valence-corrected chi connectivity index (χ2v) is 6.33. The Labute approximate surface area is 161 Å². The van der Waals surface area contributed by atoms with Crippen LogP contribution in [0.2, 0.25) is 5.02 Å². The van der Waals surface area contributed by atoms with Crippen LogP contribution < -0.4 is 5.73 Å². The van der Waals surface area contributed by atoms with E-state index in [4.69, 9.17) is 17.3 Å². The van der Waals surface area contributed by atoms with Gasteiger partial charge in [0, 0.05) is 22.2 Å². The van der Waals surface area contributed by atoms with Gasteiger partial charge < -0.3 is 5.73 Å². The third kappa shape index (κ3) is 3.59. The predicted molar refractivity (Wildman–Crippen MR) is 105 cm³/mol. The van der Waals surface area contributed by atoms with Crippen LogP contribution in [0.5, 0.6) is 0 Å². The highest BCUT2D eigenvalue weighted by Gasteiger charge is 2.21. The van der Waals surface area contributed by atoms with Crippen LogP contribution in [0.4, 0.5) is 11.5 Å². The molecule has 0 aliphatic carbocycles. The zero-order valence-electron chi connectivity index (χ0n) is 14.4. The number of hydrogen-bond acceptors (Lipinski definition) is 5. The molecule has 0 fully saturated rings. The summed E-state index contributed by atoms with van der Waals surface area (Å²) >= 11 is 6.04. The van der Waals surface area contributed by atoms with Crippen molar-refractivity contribution in [3.63, 3.8) is 0 Å². The Balaban J connectivity index is 2.27. The van der Waals surface area contributed by atoms with Gasteiger partial charge in [-0.15, -0.1) is 0 Å². The normalized spacial score (nSPS) is 10.4. The van der Waals surface area contributed by atoms with Crippen LogP contribution in [0, 0.1) is 21.4 Å². The van der Waals surface area contributed by atoms with Crippen molar-refractivity contribution >= 4 is 23.1 Å². The number of nitrogen functional groups attached to an aromatic ring is 1. The SMILES string of the molecule is CCc1ccc(-c2cc(-c3cc(Cl)ccc3[N+](=O)[O-])c(C#N)c(N)n2)cc1. The first-order valence-electron chi connectivity index (χ1n) is 8.18. The molecular weight excluding hydrogens is 364 g/mol. The van der Waals surface area contributed by atoms with Crippen LogP contribution in [-0.2, 0) is 6.42 Å². The van der Waals surface area contributed by atoms with E-state index >= 15 is 0 Å². The molecule has 0 unspecified atom stereocenters. The molecule has 1 aromatic heterocycles. The minimum atomic E-state index is -0.515. The number of rotatable bonds is 4. The minimum absolute atomic E-state index is 0.0128. The number of hydrogen-bond donors (Lipinski definition) is 1. The van der Waals surface area contributed by atoms with E-state index in [-0.39, 0.29) is 22.6 Å². The number of nitrogens with two attached hydrogens (primary N) is 1. The lowest BCUT2D eigenvalue weighted by molar-refractivity contribution is -0.384. The fourth-order valence-electron chi connectivity index (χ4n) is 2.84. The van der Waals surface area contributed by atoms with Gasteiger partial charge >= 0.3 is 0 Å². The third-order valence-electron chi connectivity index (χ3n) is 4.26. The largest absolute Gasteiger partial charge is 0.383 e. The quantitative estimate of drug-likeness (QED) is 0.508. The maximum absolute atomic E-state index is 11.4. The molecule has 0 spiro atoms. The van der Waals surface area contributed by atoms with Gasteiger partial charge in [-0.2, -0.15) is 5.26 Å². The van der Waals surface area contributed by atoms with Crippen molar-refractivity contribution < 1.29 is 4.92 Å². The first kappa shape index (κ1) is 18.4. The summed E-state index contributed by atoms with van der Waals surface area (Å²) in [5.41, 5.74) is 8.96. The number of pyridine rings is 1. The molecule has 0 amide bonds. The molecule has 3 aromatic rings. The summed E-state index contributed by atoms with van der Waals surface area (Å²) in [6.07, 6.45) is 0.906. The number of nitro groups is 1. The van der Waals surface area contributed by atoms with Crippen molar-refractivity contribution in [3.05, 3.63) is 74.8 Å². The van der Waals surface area contributed by atoms with Crippen molar-refractivity contribution in [2.24, 2.45) is 0 Å². The maximum Gasteiger partial charge on any atom is 0.277 e. The Hall–Kier alpha value is -3.43. The number of aromatic nitrogens is 1. The maximum atomic E-state index is 11.4. The number of nitriles is 1. The van der Waals surface area contributed by atoms with Gasteiger partial charge in [0.2, 0.25) is 0 Å². The van der Waals surface area contributed by atoms with E-state index in [0.29, 0.717) is 16.3 Å². The second kappa shape index (κ2) is 7.44. The van der Waals surface area contributed by atoms with Crippen molar-refractivity contribution in [2.75, 3.05) is 5.73 Å². The number of aryl methyl sites for hydroxylation is 1. The summed E-state index contributed by atoms with van der Waals surface area (Å²) in [6.45, 7) is 2.06. The molecule has 0 bridgehead atoms. The molecule has 3 rings (SSSR count). The first-order chi connectivity index (χ1) is 12.9. The summed E-state index contributed by atoms with van der Waals surface area (Å²) in [6, 6.07) is 15.6. The lowest BCUT2D eigenvalue weighted by Crippen LogP contribution is -2.01. The summed E-state index contributed by atoms with van der Waals surface area (Å²) in [7, 11) is 0. The van der Waals surface area contributed by atoms with Gasteiger partial charge in [0.05, 0.1) is 16.2 Å². The van der Waals surface area contributed by atoms with E-state index in [1.165, 1.54) is 23.8 Å². The van der Waals surface area contributed by atoms with Gasteiger partial charge in [-0.05, 0) is 30.2 Å². The van der Waals surface area contributed by atoms with Crippen LogP contribution >= 0.6 is 11.6 Å². The summed E-state index contributed by atoms with van der Waals surface area (Å²) in [4.78, 5) is 15.2. The van der Waals surface area contributed by atoms with Gasteiger partial charge in [-0.3, -0.25) is 10.1 Å². The van der Waals surface area contributed by atoms with E-state index in [0.717, 1.165) is 12.0 Å². The Morgan fingerprint density at radius 2 is 1.89 bits per heavy atom. The molecule has 134 valence electrons. The second-order valence-electron chi connectivity index (χ2n) is 5.90. The van der Waals surface area contributed by atoms with Crippen LogP contribution in [0.3, 0.4) is 0 Å². The smallest absolute Gasteiger partial charge is 0.277 e. The molecular formula is C20H15ClN4O2. The van der Waals surface area contributed by atoms with E-state index < -0.39 is 4.92 Å². The van der Waals surface area contributed by atoms with E-state index in [2.05, 4.69) is 11.9 Å². The monoisotopic (exact) mass is 378 g/mol. The van der Waals surface area contributed by atoms with Crippen LogP contribution in [-0.4, -0.2) is 9.91 Å². The van der Waals surface area contributed by atoms with Gasteiger partial charge in [0.1, 0.15) is 17.5 Å². The van der Waals surface area contributed by atoms with Gasteiger partial charge in [-0.1, -0.05) is 42.8 Å². The highest BCUT2D eigenvalue weighted by molar-refractivity contribution is 6.31. The van der Waals surface area contributed by atoms with Crippen LogP contribution in [0.1, 0.15) is 18.1 Å². The zero-order valence-corrected chi connectivity index (χ0v) is 15.2. The Morgan fingerprint density at radius 3 is 2.48 bits per heavy atom. The fraction of sp³-hybridized carbons (Fsp3) is 0.100. The minimum Gasteiger partial charge on any atom is -0.383 e. The first-order valence-corrected chi connectivity index (χ1v) is 8.56. The lowest BCUT2D eigenvalue weighted by Gasteiger charge is -2.11. The molecule has 0 aliphatic rings. The number of benzene rings is 2. The Kier molecular flexibility index (Phi) is 5.06. The summed E-state index contributed by atoms with van der Waals surface area (Å²) in [5.74, 6) is 0.0128. The molecule has 0 saturated heterocycles. The van der Waals surface area contributed by atoms with E-state index in [1.54, 1.807) is 6.07 Å². The lowest BCUT2D eigenvalue weighted by atomic mass is 9.97.